The summed E-state index contributed by atoms with van der Waals surface area (Å²) in [5.41, 5.74) is 1.48. The zero-order chi connectivity index (χ0) is 22.9. The van der Waals surface area contributed by atoms with Gasteiger partial charge in [-0.05, 0) is 91.6 Å². The standard InChI is InChI=1S/C25H24F4N2O/c1-15(24(32)31-20-9-6-18(7-10-20)25(27,28)29)16-2-4-17(5-3-16)21-12-13-30-23-11-8-19(26)14-22(21)23/h6-17H,2-5H2,1H3,(H,31,32)/t15?,16-,17+. The molecule has 7 heteroatoms. The van der Waals surface area contributed by atoms with Crippen LogP contribution in [0.2, 0.25) is 0 Å². The number of pyridine rings is 1. The first kappa shape index (κ1) is 22.2. The second kappa shape index (κ2) is 8.88. The number of rotatable bonds is 4. The van der Waals surface area contributed by atoms with Crippen molar-refractivity contribution >= 4 is 22.5 Å². The highest BCUT2D eigenvalue weighted by atomic mass is 19.4. The third kappa shape index (κ3) is 4.76. The van der Waals surface area contributed by atoms with E-state index in [0.29, 0.717) is 5.69 Å². The van der Waals surface area contributed by atoms with Gasteiger partial charge in [-0.3, -0.25) is 9.78 Å². The van der Waals surface area contributed by atoms with Crippen LogP contribution in [-0.2, 0) is 11.0 Å². The van der Waals surface area contributed by atoms with Gasteiger partial charge >= 0.3 is 6.18 Å². The molecule has 0 saturated heterocycles. The van der Waals surface area contributed by atoms with E-state index >= 15 is 0 Å². The highest BCUT2D eigenvalue weighted by molar-refractivity contribution is 5.92. The molecule has 1 fully saturated rings. The molecular weight excluding hydrogens is 420 g/mol. The van der Waals surface area contributed by atoms with Crippen LogP contribution in [0.4, 0.5) is 23.2 Å². The lowest BCUT2D eigenvalue weighted by atomic mass is 9.73. The van der Waals surface area contributed by atoms with Crippen LogP contribution in [0.1, 0.15) is 49.7 Å². The van der Waals surface area contributed by atoms with Crippen LogP contribution in [0.15, 0.2) is 54.7 Å². The van der Waals surface area contributed by atoms with Gasteiger partial charge in [0, 0.05) is 23.2 Å². The lowest BCUT2D eigenvalue weighted by Crippen LogP contribution is -2.29. The zero-order valence-corrected chi connectivity index (χ0v) is 17.6. The van der Waals surface area contributed by atoms with E-state index in [0.717, 1.165) is 54.3 Å². The predicted molar refractivity (Wildman–Crippen MR) is 116 cm³/mol. The van der Waals surface area contributed by atoms with Crippen molar-refractivity contribution in [2.24, 2.45) is 11.8 Å². The Kier molecular flexibility index (Phi) is 6.17. The average Bonchev–Trinajstić information content (AvgIpc) is 2.78. The van der Waals surface area contributed by atoms with E-state index in [9.17, 15) is 22.4 Å². The third-order valence-electron chi connectivity index (χ3n) is 6.55. The van der Waals surface area contributed by atoms with Crippen LogP contribution in [0.5, 0.6) is 0 Å². The number of nitrogens with zero attached hydrogens (tertiary/aromatic N) is 1. The molecule has 1 aliphatic carbocycles. The maximum Gasteiger partial charge on any atom is 0.416 e. The molecule has 1 unspecified atom stereocenters. The summed E-state index contributed by atoms with van der Waals surface area (Å²) in [6.07, 6.45) is 0.829. The van der Waals surface area contributed by atoms with Crippen molar-refractivity contribution in [1.82, 2.24) is 4.98 Å². The number of hydrogen-bond donors (Lipinski definition) is 1. The van der Waals surface area contributed by atoms with Crippen LogP contribution >= 0.6 is 0 Å². The van der Waals surface area contributed by atoms with Gasteiger partial charge in [-0.25, -0.2) is 4.39 Å². The van der Waals surface area contributed by atoms with E-state index < -0.39 is 11.7 Å². The number of anilines is 1. The van der Waals surface area contributed by atoms with E-state index in [4.69, 9.17) is 0 Å². The van der Waals surface area contributed by atoms with Crippen molar-refractivity contribution in [3.8, 4) is 0 Å². The molecule has 0 bridgehead atoms. The SMILES string of the molecule is CC(C(=O)Nc1ccc(C(F)(F)F)cc1)[C@H]1CC[C@@H](c2ccnc3ccc(F)cc32)CC1. The normalized spacial score (nSPS) is 20.2. The maximum absolute atomic E-state index is 13.8. The van der Waals surface area contributed by atoms with Gasteiger partial charge in [-0.2, -0.15) is 13.2 Å². The molecule has 0 radical (unpaired) electrons. The molecule has 0 spiro atoms. The third-order valence-corrected chi connectivity index (χ3v) is 6.55. The second-order valence-electron chi connectivity index (χ2n) is 8.53. The predicted octanol–water partition coefficient (Wildman–Crippen LogP) is 6.94. The maximum atomic E-state index is 13.8. The molecule has 168 valence electrons. The van der Waals surface area contributed by atoms with Gasteiger partial charge in [0.1, 0.15) is 5.82 Å². The second-order valence-corrected chi connectivity index (χ2v) is 8.53. The Morgan fingerprint density at radius 2 is 1.72 bits per heavy atom. The molecule has 1 saturated carbocycles. The summed E-state index contributed by atoms with van der Waals surface area (Å²) in [6.45, 7) is 1.86. The van der Waals surface area contributed by atoms with Crippen LogP contribution < -0.4 is 5.32 Å². The van der Waals surface area contributed by atoms with Crippen molar-refractivity contribution in [2.75, 3.05) is 5.32 Å². The first-order valence-corrected chi connectivity index (χ1v) is 10.7. The molecule has 1 heterocycles. The number of carbonyl (C=O) groups excluding carboxylic acids is 1. The van der Waals surface area contributed by atoms with E-state index in [-0.39, 0.29) is 29.5 Å². The summed E-state index contributed by atoms with van der Waals surface area (Å²) in [5.74, 6) is -0.266. The first-order chi connectivity index (χ1) is 15.2. The Hall–Kier alpha value is -2.96. The lowest BCUT2D eigenvalue weighted by Gasteiger charge is -2.32. The average molecular weight is 444 g/mol. The molecule has 32 heavy (non-hydrogen) atoms. The highest BCUT2D eigenvalue weighted by Crippen LogP contribution is 2.41. The summed E-state index contributed by atoms with van der Waals surface area (Å²) < 4.78 is 51.9. The number of carbonyl (C=O) groups is 1. The number of halogens is 4. The van der Waals surface area contributed by atoms with Crippen LogP contribution in [0.25, 0.3) is 10.9 Å². The van der Waals surface area contributed by atoms with E-state index in [2.05, 4.69) is 10.3 Å². The fourth-order valence-corrected chi connectivity index (χ4v) is 4.64. The van der Waals surface area contributed by atoms with E-state index in [1.807, 2.05) is 13.0 Å². The number of aromatic nitrogens is 1. The number of alkyl halides is 3. The van der Waals surface area contributed by atoms with Crippen LogP contribution in [0, 0.1) is 17.7 Å². The van der Waals surface area contributed by atoms with Crippen molar-refractivity contribution in [3.63, 3.8) is 0 Å². The molecule has 1 aliphatic rings. The molecule has 2 aromatic carbocycles. The largest absolute Gasteiger partial charge is 0.416 e. The summed E-state index contributed by atoms with van der Waals surface area (Å²) >= 11 is 0. The Labute approximate surface area is 183 Å². The Balaban J connectivity index is 1.38. The van der Waals surface area contributed by atoms with Crippen molar-refractivity contribution in [1.29, 1.82) is 0 Å². The topological polar surface area (TPSA) is 42.0 Å². The Morgan fingerprint density at radius 3 is 2.38 bits per heavy atom. The van der Waals surface area contributed by atoms with Gasteiger partial charge in [0.15, 0.2) is 0 Å². The Morgan fingerprint density at radius 1 is 1.03 bits per heavy atom. The summed E-state index contributed by atoms with van der Waals surface area (Å²) in [5, 5.41) is 3.57. The minimum absolute atomic E-state index is 0.186. The van der Waals surface area contributed by atoms with E-state index in [1.165, 1.54) is 24.3 Å². The number of nitrogens with one attached hydrogen (secondary N) is 1. The molecule has 1 amide bonds. The fourth-order valence-electron chi connectivity index (χ4n) is 4.64. The molecule has 0 aliphatic heterocycles. The highest BCUT2D eigenvalue weighted by Gasteiger charge is 2.32. The van der Waals surface area contributed by atoms with Crippen molar-refractivity contribution < 1.29 is 22.4 Å². The van der Waals surface area contributed by atoms with E-state index in [1.54, 1.807) is 12.3 Å². The van der Waals surface area contributed by atoms with Gasteiger partial charge in [0.05, 0.1) is 11.1 Å². The molecule has 1 atom stereocenters. The number of fused-ring (bicyclic) bond motifs is 1. The van der Waals surface area contributed by atoms with Gasteiger partial charge in [0.2, 0.25) is 5.91 Å². The number of hydrogen-bond acceptors (Lipinski definition) is 2. The van der Waals surface area contributed by atoms with Gasteiger partial charge in [-0.1, -0.05) is 6.92 Å². The molecule has 3 nitrogen and oxygen atoms in total. The quantitative estimate of drug-likeness (QED) is 0.443. The number of benzene rings is 2. The zero-order valence-electron chi connectivity index (χ0n) is 17.6. The van der Waals surface area contributed by atoms with Gasteiger partial charge in [0.25, 0.3) is 0 Å². The summed E-state index contributed by atoms with van der Waals surface area (Å²) in [4.78, 5) is 17.0. The lowest BCUT2D eigenvalue weighted by molar-refractivity contribution is -0.137. The first-order valence-electron chi connectivity index (χ1n) is 10.7. The molecule has 1 aromatic heterocycles. The minimum atomic E-state index is -4.40. The van der Waals surface area contributed by atoms with Crippen LogP contribution in [-0.4, -0.2) is 10.9 Å². The summed E-state index contributed by atoms with van der Waals surface area (Å²) in [7, 11) is 0. The fraction of sp³-hybridized carbons (Fsp3) is 0.360. The smallest absolute Gasteiger partial charge is 0.326 e. The van der Waals surface area contributed by atoms with Gasteiger partial charge in [-0.15, -0.1) is 0 Å². The van der Waals surface area contributed by atoms with Crippen molar-refractivity contribution in [3.05, 3.63) is 71.7 Å². The summed E-state index contributed by atoms with van der Waals surface area (Å²) in [6, 6.07) is 11.1. The van der Waals surface area contributed by atoms with Crippen molar-refractivity contribution in [2.45, 2.75) is 44.7 Å². The Bertz CT molecular complexity index is 1100. The number of amides is 1. The molecule has 4 rings (SSSR count). The molecular formula is C25H24F4N2O. The van der Waals surface area contributed by atoms with Gasteiger partial charge < -0.3 is 5.32 Å². The van der Waals surface area contributed by atoms with Crippen LogP contribution in [0.3, 0.4) is 0 Å². The molecule has 3 aromatic rings. The molecule has 1 N–H and O–H groups in total. The minimum Gasteiger partial charge on any atom is -0.326 e. The monoisotopic (exact) mass is 444 g/mol.